The second-order valence-electron chi connectivity index (χ2n) is 6.00. The second-order valence-corrected chi connectivity index (χ2v) is 6.00. The number of nitrogens with one attached hydrogen (secondary N) is 1. The lowest BCUT2D eigenvalue weighted by Crippen LogP contribution is -2.15. The Kier molecular flexibility index (Phi) is 7.35. The van der Waals surface area contributed by atoms with Crippen molar-refractivity contribution in [2.24, 2.45) is 0 Å². The maximum Gasteiger partial charge on any atom is 0.344 e. The Morgan fingerprint density at radius 3 is 2.61 bits per heavy atom. The summed E-state index contributed by atoms with van der Waals surface area (Å²) in [5, 5.41) is 12.2. The number of anilines is 1. The van der Waals surface area contributed by atoms with Crippen molar-refractivity contribution in [2.45, 2.75) is 20.8 Å². The van der Waals surface area contributed by atoms with Crippen LogP contribution in [-0.2, 0) is 14.3 Å². The van der Waals surface area contributed by atoms with Crippen molar-refractivity contribution in [1.29, 1.82) is 5.26 Å². The van der Waals surface area contributed by atoms with Gasteiger partial charge in [0.15, 0.2) is 6.61 Å². The number of hydrogen-bond acceptors (Lipinski definition) is 5. The van der Waals surface area contributed by atoms with Gasteiger partial charge in [-0.15, -0.1) is 0 Å². The first-order chi connectivity index (χ1) is 13.5. The highest BCUT2D eigenvalue weighted by atomic mass is 16.6. The molecular formula is C22H22N2O4. The number of carbonyl (C=O) groups is 2. The van der Waals surface area contributed by atoms with Crippen LogP contribution in [0.5, 0.6) is 5.75 Å². The Morgan fingerprint density at radius 2 is 1.89 bits per heavy atom. The van der Waals surface area contributed by atoms with E-state index in [4.69, 9.17) is 9.47 Å². The van der Waals surface area contributed by atoms with Crippen LogP contribution in [0.4, 0.5) is 5.69 Å². The first-order valence-corrected chi connectivity index (χ1v) is 8.83. The SMILES string of the molecule is CCOC(=O)COc1ccccc1/C=C(\C#N)C(=O)Nc1cccc(C)c1C. The van der Waals surface area contributed by atoms with Crippen molar-refractivity contribution in [3.8, 4) is 11.8 Å². The molecule has 0 aliphatic carbocycles. The number of esters is 1. The summed E-state index contributed by atoms with van der Waals surface area (Å²) >= 11 is 0. The summed E-state index contributed by atoms with van der Waals surface area (Å²) in [6, 6.07) is 14.3. The summed E-state index contributed by atoms with van der Waals surface area (Å²) in [6.45, 7) is 5.57. The Bertz CT molecular complexity index is 942. The molecule has 0 aliphatic rings. The van der Waals surface area contributed by atoms with Crippen LogP contribution in [0.25, 0.3) is 6.08 Å². The Balaban J connectivity index is 2.22. The van der Waals surface area contributed by atoms with Crippen LogP contribution in [0.2, 0.25) is 0 Å². The molecule has 0 aliphatic heterocycles. The molecule has 6 nitrogen and oxygen atoms in total. The number of carbonyl (C=O) groups excluding carboxylic acids is 2. The van der Waals surface area contributed by atoms with Crippen LogP contribution in [0.3, 0.4) is 0 Å². The highest BCUT2D eigenvalue weighted by Crippen LogP contribution is 2.23. The molecule has 2 rings (SSSR count). The monoisotopic (exact) mass is 378 g/mol. The zero-order valence-electron chi connectivity index (χ0n) is 16.1. The molecular weight excluding hydrogens is 356 g/mol. The van der Waals surface area contributed by atoms with Crippen molar-refractivity contribution in [2.75, 3.05) is 18.5 Å². The van der Waals surface area contributed by atoms with Gasteiger partial charge >= 0.3 is 5.97 Å². The normalized spacial score (nSPS) is 10.7. The fraction of sp³-hybridized carbons (Fsp3) is 0.227. The van der Waals surface area contributed by atoms with Crippen LogP contribution in [-0.4, -0.2) is 25.1 Å². The molecule has 0 fully saturated rings. The fourth-order valence-electron chi connectivity index (χ4n) is 2.45. The minimum absolute atomic E-state index is 0.0758. The van der Waals surface area contributed by atoms with Gasteiger partial charge in [-0.3, -0.25) is 4.79 Å². The van der Waals surface area contributed by atoms with Crippen molar-refractivity contribution >= 4 is 23.6 Å². The van der Waals surface area contributed by atoms with Gasteiger partial charge in [0, 0.05) is 11.3 Å². The Hall–Kier alpha value is -3.59. The Morgan fingerprint density at radius 1 is 1.14 bits per heavy atom. The standard InChI is InChI=1S/C22H22N2O4/c1-4-27-21(25)14-28-20-11-6-5-9-17(20)12-18(13-23)22(26)24-19-10-7-8-15(2)16(19)3/h5-12H,4,14H2,1-3H3,(H,24,26)/b18-12+. The molecule has 2 aromatic carbocycles. The number of ether oxygens (including phenoxy) is 2. The summed E-state index contributed by atoms with van der Waals surface area (Å²) in [6.07, 6.45) is 1.43. The van der Waals surface area contributed by atoms with E-state index in [1.165, 1.54) is 6.08 Å². The van der Waals surface area contributed by atoms with Crippen molar-refractivity contribution < 1.29 is 19.1 Å². The third-order valence-electron chi connectivity index (χ3n) is 4.09. The summed E-state index contributed by atoms with van der Waals surface area (Å²) in [5.41, 5.74) is 3.06. The zero-order chi connectivity index (χ0) is 20.5. The van der Waals surface area contributed by atoms with Crippen LogP contribution < -0.4 is 10.1 Å². The zero-order valence-corrected chi connectivity index (χ0v) is 16.1. The van der Waals surface area contributed by atoms with Gasteiger partial charge in [-0.25, -0.2) is 4.79 Å². The quantitative estimate of drug-likeness (QED) is 0.450. The fourth-order valence-corrected chi connectivity index (χ4v) is 2.45. The molecule has 2 aromatic rings. The van der Waals surface area contributed by atoms with Crippen LogP contribution >= 0.6 is 0 Å². The van der Waals surface area contributed by atoms with E-state index in [9.17, 15) is 14.9 Å². The molecule has 6 heteroatoms. The molecule has 0 aromatic heterocycles. The van der Waals surface area contributed by atoms with Crippen LogP contribution in [0.15, 0.2) is 48.0 Å². The molecule has 0 unspecified atom stereocenters. The number of benzene rings is 2. The van der Waals surface area contributed by atoms with E-state index in [2.05, 4.69) is 5.32 Å². The van der Waals surface area contributed by atoms with Gasteiger partial charge < -0.3 is 14.8 Å². The van der Waals surface area contributed by atoms with E-state index in [0.717, 1.165) is 11.1 Å². The summed E-state index contributed by atoms with van der Waals surface area (Å²) in [5.74, 6) is -0.631. The predicted octanol–water partition coefficient (Wildman–Crippen LogP) is 3.79. The number of nitrogens with zero attached hydrogens (tertiary/aromatic N) is 1. The van der Waals surface area contributed by atoms with Gasteiger partial charge in [0.05, 0.1) is 6.61 Å². The molecule has 144 valence electrons. The van der Waals surface area contributed by atoms with Crippen molar-refractivity contribution in [1.82, 2.24) is 0 Å². The average molecular weight is 378 g/mol. The number of aryl methyl sites for hydroxylation is 1. The smallest absolute Gasteiger partial charge is 0.344 e. The first kappa shape index (κ1) is 20.7. The van der Waals surface area contributed by atoms with Gasteiger partial charge in [0.25, 0.3) is 5.91 Å². The van der Waals surface area contributed by atoms with Crippen LogP contribution in [0.1, 0.15) is 23.6 Å². The number of amides is 1. The summed E-state index contributed by atoms with van der Waals surface area (Å²) in [7, 11) is 0. The third-order valence-corrected chi connectivity index (χ3v) is 4.09. The minimum Gasteiger partial charge on any atom is -0.481 e. The van der Waals surface area contributed by atoms with E-state index in [-0.39, 0.29) is 18.8 Å². The molecule has 28 heavy (non-hydrogen) atoms. The molecule has 0 atom stereocenters. The highest BCUT2D eigenvalue weighted by Gasteiger charge is 2.13. The lowest BCUT2D eigenvalue weighted by molar-refractivity contribution is -0.145. The number of hydrogen-bond donors (Lipinski definition) is 1. The number of para-hydroxylation sites is 1. The van der Waals surface area contributed by atoms with Gasteiger partial charge in [-0.2, -0.15) is 5.26 Å². The molecule has 1 amide bonds. The highest BCUT2D eigenvalue weighted by molar-refractivity contribution is 6.10. The van der Waals surface area contributed by atoms with Gasteiger partial charge in [-0.1, -0.05) is 30.3 Å². The van der Waals surface area contributed by atoms with E-state index >= 15 is 0 Å². The van der Waals surface area contributed by atoms with E-state index in [0.29, 0.717) is 17.0 Å². The first-order valence-electron chi connectivity index (χ1n) is 8.83. The maximum absolute atomic E-state index is 12.6. The Labute approximate surface area is 164 Å². The molecule has 1 N–H and O–H groups in total. The largest absolute Gasteiger partial charge is 0.481 e. The van der Waals surface area contributed by atoms with E-state index in [1.54, 1.807) is 37.3 Å². The van der Waals surface area contributed by atoms with Gasteiger partial charge in [0.2, 0.25) is 0 Å². The van der Waals surface area contributed by atoms with Crippen molar-refractivity contribution in [3.05, 3.63) is 64.7 Å². The second kappa shape index (κ2) is 9.93. The van der Waals surface area contributed by atoms with E-state index < -0.39 is 11.9 Å². The average Bonchev–Trinajstić information content (AvgIpc) is 2.69. The third kappa shape index (κ3) is 5.45. The van der Waals surface area contributed by atoms with E-state index in [1.807, 2.05) is 32.0 Å². The summed E-state index contributed by atoms with van der Waals surface area (Å²) < 4.78 is 10.3. The molecule has 0 saturated heterocycles. The molecule has 0 heterocycles. The van der Waals surface area contributed by atoms with Gasteiger partial charge in [0.1, 0.15) is 17.4 Å². The lowest BCUT2D eigenvalue weighted by Gasteiger charge is -2.11. The maximum atomic E-state index is 12.6. The predicted molar refractivity (Wildman–Crippen MR) is 107 cm³/mol. The lowest BCUT2D eigenvalue weighted by atomic mass is 10.1. The topological polar surface area (TPSA) is 88.4 Å². The summed E-state index contributed by atoms with van der Waals surface area (Å²) in [4.78, 5) is 24.1. The van der Waals surface area contributed by atoms with Gasteiger partial charge in [-0.05, 0) is 50.1 Å². The molecule has 0 radical (unpaired) electrons. The molecule has 0 bridgehead atoms. The number of nitriles is 1. The molecule has 0 saturated carbocycles. The molecule has 0 spiro atoms. The minimum atomic E-state index is -0.517. The van der Waals surface area contributed by atoms with Crippen LogP contribution in [0, 0.1) is 25.2 Å². The number of rotatable bonds is 7. The van der Waals surface area contributed by atoms with Crippen molar-refractivity contribution in [3.63, 3.8) is 0 Å².